The zero-order valence-corrected chi connectivity index (χ0v) is 9.91. The summed E-state index contributed by atoms with van der Waals surface area (Å²) in [6.45, 7) is 1.67. The summed E-state index contributed by atoms with van der Waals surface area (Å²) in [5, 5.41) is 11.5. The molecule has 0 bridgehead atoms. The predicted octanol–water partition coefficient (Wildman–Crippen LogP) is 0.638. The van der Waals surface area contributed by atoms with E-state index in [1.165, 1.54) is 6.92 Å². The average Bonchev–Trinajstić information content (AvgIpc) is 2.79. The summed E-state index contributed by atoms with van der Waals surface area (Å²) < 4.78 is 31.2. The molecule has 18 heavy (non-hydrogen) atoms. The van der Waals surface area contributed by atoms with Gasteiger partial charge in [0.2, 0.25) is 5.91 Å². The minimum atomic E-state index is -3.02. The maximum Gasteiger partial charge on any atom is 0.329 e. The monoisotopic (exact) mass is 263 g/mol. The van der Waals surface area contributed by atoms with Gasteiger partial charge in [-0.3, -0.25) is 4.79 Å². The van der Waals surface area contributed by atoms with E-state index < -0.39 is 35.2 Å². The van der Waals surface area contributed by atoms with Crippen molar-refractivity contribution in [1.82, 2.24) is 5.32 Å². The highest BCUT2D eigenvalue weighted by Gasteiger charge is 2.69. The Hall–Kier alpha value is -1.24. The first-order valence-electron chi connectivity index (χ1n) is 5.82. The third-order valence-corrected chi connectivity index (χ3v) is 3.81. The van der Waals surface area contributed by atoms with Crippen LogP contribution in [-0.2, 0) is 14.3 Å². The quantitative estimate of drug-likeness (QED) is 0.783. The van der Waals surface area contributed by atoms with Crippen molar-refractivity contribution >= 4 is 11.9 Å². The van der Waals surface area contributed by atoms with Gasteiger partial charge in [0.25, 0.3) is 5.92 Å². The summed E-state index contributed by atoms with van der Waals surface area (Å²) in [4.78, 5) is 23.0. The Balaban J connectivity index is 2.06. The number of halogens is 2. The number of nitrogens with one attached hydrogen (secondary N) is 1. The van der Waals surface area contributed by atoms with Crippen molar-refractivity contribution in [2.45, 2.75) is 31.2 Å². The topological polar surface area (TPSA) is 75.6 Å². The van der Waals surface area contributed by atoms with Crippen LogP contribution in [0.25, 0.3) is 0 Å². The highest BCUT2D eigenvalue weighted by molar-refractivity contribution is 5.90. The van der Waals surface area contributed by atoms with Crippen LogP contribution >= 0.6 is 0 Å². The fraction of sp³-hybridized carbons (Fsp3) is 0.818. The largest absolute Gasteiger partial charge is 0.480 e. The van der Waals surface area contributed by atoms with Crippen LogP contribution < -0.4 is 5.32 Å². The first-order chi connectivity index (χ1) is 8.31. The molecule has 0 unspecified atom stereocenters. The van der Waals surface area contributed by atoms with Gasteiger partial charge in [0, 0.05) is 32.0 Å². The first-order valence-corrected chi connectivity index (χ1v) is 5.82. The summed E-state index contributed by atoms with van der Waals surface area (Å²) in [7, 11) is 0. The smallest absolute Gasteiger partial charge is 0.329 e. The molecule has 1 heterocycles. The summed E-state index contributed by atoms with van der Waals surface area (Å²) in [5.41, 5.74) is -1.46. The highest BCUT2D eigenvalue weighted by Crippen LogP contribution is 2.55. The van der Waals surface area contributed by atoms with E-state index in [1.807, 2.05) is 0 Å². The Morgan fingerprint density at radius 2 is 1.83 bits per heavy atom. The lowest BCUT2D eigenvalue weighted by atomic mass is 9.90. The van der Waals surface area contributed by atoms with Gasteiger partial charge in [0.15, 0.2) is 0 Å². The minimum absolute atomic E-state index is 0.0980. The van der Waals surface area contributed by atoms with Crippen molar-refractivity contribution in [2.75, 3.05) is 13.2 Å². The summed E-state index contributed by atoms with van der Waals surface area (Å²) in [6, 6.07) is 0. The molecule has 1 aliphatic heterocycles. The van der Waals surface area contributed by atoms with Crippen molar-refractivity contribution in [3.8, 4) is 0 Å². The molecule has 2 atom stereocenters. The van der Waals surface area contributed by atoms with Gasteiger partial charge in [-0.1, -0.05) is 6.92 Å². The second-order valence-electron chi connectivity index (χ2n) is 4.93. The molecule has 2 N–H and O–H groups in total. The SMILES string of the molecule is C[C@@H]1[C@@H](C(=O)NC2(C(=O)O)CCOCC2)C1(F)F. The van der Waals surface area contributed by atoms with Crippen LogP contribution in [0.15, 0.2) is 0 Å². The van der Waals surface area contributed by atoms with Gasteiger partial charge >= 0.3 is 5.97 Å². The van der Waals surface area contributed by atoms with Gasteiger partial charge in [0.1, 0.15) is 11.5 Å². The minimum Gasteiger partial charge on any atom is -0.480 e. The summed E-state index contributed by atoms with van der Waals surface area (Å²) in [5.74, 6) is -7.53. The van der Waals surface area contributed by atoms with Gasteiger partial charge in [-0.25, -0.2) is 13.6 Å². The maximum atomic E-state index is 13.1. The lowest BCUT2D eigenvalue weighted by Crippen LogP contribution is -2.58. The van der Waals surface area contributed by atoms with E-state index in [0.717, 1.165) is 0 Å². The number of carboxylic acids is 1. The Morgan fingerprint density at radius 3 is 2.22 bits per heavy atom. The molecule has 1 saturated heterocycles. The number of rotatable bonds is 3. The molecule has 102 valence electrons. The number of alkyl halides is 2. The maximum absolute atomic E-state index is 13.1. The number of amides is 1. The van der Waals surface area contributed by atoms with E-state index in [1.54, 1.807) is 0 Å². The first kappa shape index (κ1) is 13.2. The molecule has 0 aromatic heterocycles. The van der Waals surface area contributed by atoms with Gasteiger partial charge in [0.05, 0.1) is 0 Å². The van der Waals surface area contributed by atoms with Gasteiger partial charge in [-0.15, -0.1) is 0 Å². The Morgan fingerprint density at radius 1 is 1.33 bits per heavy atom. The number of aliphatic carboxylic acids is 1. The molecule has 1 saturated carbocycles. The molecule has 7 heteroatoms. The van der Waals surface area contributed by atoms with Crippen molar-refractivity contribution in [1.29, 1.82) is 0 Å². The average molecular weight is 263 g/mol. The molecule has 1 aliphatic carbocycles. The number of carbonyl (C=O) groups is 2. The predicted molar refractivity (Wildman–Crippen MR) is 56.2 cm³/mol. The second kappa shape index (κ2) is 4.15. The van der Waals surface area contributed by atoms with Crippen LogP contribution in [0.5, 0.6) is 0 Å². The van der Waals surface area contributed by atoms with Crippen LogP contribution in [0, 0.1) is 11.8 Å². The van der Waals surface area contributed by atoms with E-state index in [9.17, 15) is 23.5 Å². The van der Waals surface area contributed by atoms with Crippen LogP contribution in [0.2, 0.25) is 0 Å². The summed E-state index contributed by atoms with van der Waals surface area (Å²) >= 11 is 0. The number of carbonyl (C=O) groups excluding carboxylic acids is 1. The molecule has 0 radical (unpaired) electrons. The fourth-order valence-corrected chi connectivity index (χ4v) is 2.31. The van der Waals surface area contributed by atoms with Crippen LogP contribution in [0.1, 0.15) is 19.8 Å². The van der Waals surface area contributed by atoms with Gasteiger partial charge in [-0.2, -0.15) is 0 Å². The fourth-order valence-electron chi connectivity index (χ4n) is 2.31. The summed E-state index contributed by atoms with van der Waals surface area (Å²) in [6.07, 6.45) is 0.196. The van der Waals surface area contributed by atoms with Crippen molar-refractivity contribution in [3.05, 3.63) is 0 Å². The Labute approximate surface area is 102 Å². The highest BCUT2D eigenvalue weighted by atomic mass is 19.3. The standard InChI is InChI=1S/C11H15F2NO4/c1-6-7(11(6,12)13)8(15)14-10(9(16)17)2-4-18-5-3-10/h6-7H,2-5H2,1H3,(H,14,15)(H,16,17)/t6-,7+/m1/s1. The zero-order valence-electron chi connectivity index (χ0n) is 9.91. The third kappa shape index (κ3) is 1.96. The Kier molecular flexibility index (Phi) is 3.04. The number of ether oxygens (including phenoxy) is 1. The van der Waals surface area contributed by atoms with Crippen LogP contribution in [-0.4, -0.2) is 41.7 Å². The van der Waals surface area contributed by atoms with E-state index in [2.05, 4.69) is 5.32 Å². The van der Waals surface area contributed by atoms with Gasteiger partial charge < -0.3 is 15.2 Å². The molecule has 0 spiro atoms. The molecule has 2 rings (SSSR count). The third-order valence-electron chi connectivity index (χ3n) is 3.81. The van der Waals surface area contributed by atoms with E-state index in [4.69, 9.17) is 4.74 Å². The lowest BCUT2D eigenvalue weighted by Gasteiger charge is -2.33. The lowest BCUT2D eigenvalue weighted by molar-refractivity contribution is -0.152. The molecule has 0 aromatic carbocycles. The molecular formula is C11H15F2NO4. The van der Waals surface area contributed by atoms with Gasteiger partial charge in [-0.05, 0) is 0 Å². The molecule has 0 aromatic rings. The molecule has 1 amide bonds. The van der Waals surface area contributed by atoms with Crippen molar-refractivity contribution in [2.24, 2.45) is 11.8 Å². The van der Waals surface area contributed by atoms with E-state index >= 15 is 0 Å². The van der Waals surface area contributed by atoms with Crippen molar-refractivity contribution < 1.29 is 28.2 Å². The molecular weight excluding hydrogens is 248 g/mol. The van der Waals surface area contributed by atoms with E-state index in [-0.39, 0.29) is 26.1 Å². The van der Waals surface area contributed by atoms with Crippen LogP contribution in [0.3, 0.4) is 0 Å². The van der Waals surface area contributed by atoms with Crippen LogP contribution in [0.4, 0.5) is 8.78 Å². The molecule has 2 fully saturated rings. The Bertz CT molecular complexity index is 379. The number of hydrogen-bond acceptors (Lipinski definition) is 3. The van der Waals surface area contributed by atoms with E-state index in [0.29, 0.717) is 0 Å². The number of hydrogen-bond donors (Lipinski definition) is 2. The van der Waals surface area contributed by atoms with Crippen molar-refractivity contribution in [3.63, 3.8) is 0 Å². The molecule has 5 nitrogen and oxygen atoms in total. The number of carboxylic acid groups (broad SMARTS) is 1. The molecule has 2 aliphatic rings. The second-order valence-corrected chi connectivity index (χ2v) is 4.93. The normalized spacial score (nSPS) is 32.6. The zero-order chi connectivity index (χ0) is 13.6.